The first-order valence-corrected chi connectivity index (χ1v) is 9.09. The summed E-state index contributed by atoms with van der Waals surface area (Å²) < 4.78 is 4.56. The number of hydrogen-bond acceptors (Lipinski definition) is 4. The average Bonchev–Trinajstić information content (AvgIpc) is 3.15. The van der Waals surface area contributed by atoms with E-state index >= 15 is 0 Å². The molecule has 0 aliphatic rings. The SMILES string of the molecule is CCC(CC)n1ccc(CC(O)c2cc3sccc3s2)n1. The molecule has 21 heavy (non-hydrogen) atoms. The summed E-state index contributed by atoms with van der Waals surface area (Å²) >= 11 is 3.40. The lowest BCUT2D eigenvalue weighted by atomic mass is 10.2. The number of thiophene rings is 2. The van der Waals surface area contributed by atoms with E-state index in [4.69, 9.17) is 0 Å². The zero-order chi connectivity index (χ0) is 14.8. The summed E-state index contributed by atoms with van der Waals surface area (Å²) in [5.41, 5.74) is 0.964. The normalized spacial score (nSPS) is 13.3. The van der Waals surface area contributed by atoms with Crippen LogP contribution in [0.4, 0.5) is 0 Å². The summed E-state index contributed by atoms with van der Waals surface area (Å²) in [4.78, 5) is 1.04. The molecule has 0 spiro atoms. The molecule has 3 nitrogen and oxygen atoms in total. The maximum Gasteiger partial charge on any atom is 0.0938 e. The molecule has 3 aromatic heterocycles. The molecule has 5 heteroatoms. The topological polar surface area (TPSA) is 38.0 Å². The van der Waals surface area contributed by atoms with Crippen LogP contribution in [0.5, 0.6) is 0 Å². The Morgan fingerprint density at radius 1 is 1.24 bits per heavy atom. The number of aromatic nitrogens is 2. The van der Waals surface area contributed by atoms with Gasteiger partial charge in [-0.05, 0) is 36.4 Å². The van der Waals surface area contributed by atoms with Gasteiger partial charge >= 0.3 is 0 Å². The lowest BCUT2D eigenvalue weighted by Gasteiger charge is -2.12. The van der Waals surface area contributed by atoms with Crippen molar-refractivity contribution in [1.29, 1.82) is 0 Å². The Balaban J connectivity index is 1.72. The Hall–Kier alpha value is -1.17. The van der Waals surface area contributed by atoms with E-state index in [1.165, 1.54) is 9.40 Å². The highest BCUT2D eigenvalue weighted by Crippen LogP contribution is 2.34. The highest BCUT2D eigenvalue weighted by atomic mass is 32.1. The Morgan fingerprint density at radius 3 is 2.76 bits per heavy atom. The lowest BCUT2D eigenvalue weighted by molar-refractivity contribution is 0.180. The summed E-state index contributed by atoms with van der Waals surface area (Å²) in [6.45, 7) is 4.37. The molecule has 1 unspecified atom stereocenters. The van der Waals surface area contributed by atoms with Crippen LogP contribution in [-0.4, -0.2) is 14.9 Å². The van der Waals surface area contributed by atoms with Gasteiger partial charge in [0.2, 0.25) is 0 Å². The van der Waals surface area contributed by atoms with Crippen LogP contribution in [0.3, 0.4) is 0 Å². The first-order chi connectivity index (χ1) is 10.2. The van der Waals surface area contributed by atoms with Gasteiger partial charge in [0.15, 0.2) is 0 Å². The second kappa shape index (κ2) is 6.30. The molecule has 0 aromatic carbocycles. The molecule has 1 atom stereocenters. The molecule has 0 aliphatic heterocycles. The second-order valence-electron chi connectivity index (χ2n) is 5.28. The van der Waals surface area contributed by atoms with Gasteiger partial charge in [-0.3, -0.25) is 4.68 Å². The van der Waals surface area contributed by atoms with Gasteiger partial charge in [0.25, 0.3) is 0 Å². The highest BCUT2D eigenvalue weighted by Gasteiger charge is 2.15. The van der Waals surface area contributed by atoms with Gasteiger partial charge in [-0.15, -0.1) is 22.7 Å². The molecule has 0 radical (unpaired) electrons. The smallest absolute Gasteiger partial charge is 0.0938 e. The summed E-state index contributed by atoms with van der Waals surface area (Å²) in [7, 11) is 0. The molecule has 3 heterocycles. The van der Waals surface area contributed by atoms with Crippen LogP contribution in [0, 0.1) is 0 Å². The van der Waals surface area contributed by atoms with Crippen molar-refractivity contribution in [2.24, 2.45) is 0 Å². The fourth-order valence-corrected chi connectivity index (χ4v) is 4.71. The van der Waals surface area contributed by atoms with Crippen molar-refractivity contribution in [2.75, 3.05) is 0 Å². The molecule has 3 rings (SSSR count). The molecule has 112 valence electrons. The van der Waals surface area contributed by atoms with Crippen molar-refractivity contribution in [1.82, 2.24) is 9.78 Å². The van der Waals surface area contributed by atoms with Crippen LogP contribution >= 0.6 is 22.7 Å². The van der Waals surface area contributed by atoms with E-state index in [2.05, 4.69) is 36.5 Å². The molecule has 1 N–H and O–H groups in total. The summed E-state index contributed by atoms with van der Waals surface area (Å²) in [5, 5.41) is 17.1. The molecule has 3 aromatic rings. The van der Waals surface area contributed by atoms with Crippen molar-refractivity contribution < 1.29 is 5.11 Å². The fraction of sp³-hybridized carbons (Fsp3) is 0.438. The number of hydrogen-bond donors (Lipinski definition) is 1. The number of aliphatic hydroxyl groups excluding tert-OH is 1. The monoisotopic (exact) mass is 320 g/mol. The van der Waals surface area contributed by atoms with Crippen molar-refractivity contribution >= 4 is 32.1 Å². The van der Waals surface area contributed by atoms with Crippen molar-refractivity contribution in [3.63, 3.8) is 0 Å². The Kier molecular flexibility index (Phi) is 4.42. The number of nitrogens with zero attached hydrogens (tertiary/aromatic N) is 2. The number of aliphatic hydroxyl groups is 1. The van der Waals surface area contributed by atoms with Crippen molar-refractivity contribution in [3.8, 4) is 0 Å². The predicted octanol–water partition coefficient (Wildman–Crippen LogP) is 4.80. The first-order valence-electron chi connectivity index (χ1n) is 7.40. The molecular formula is C16H20N2OS2. The largest absolute Gasteiger partial charge is 0.387 e. The van der Waals surface area contributed by atoms with E-state index in [0.717, 1.165) is 23.4 Å². The van der Waals surface area contributed by atoms with Gasteiger partial charge in [0, 0.05) is 26.9 Å². The number of rotatable bonds is 6. The molecular weight excluding hydrogens is 300 g/mol. The van der Waals surface area contributed by atoms with E-state index in [9.17, 15) is 5.11 Å². The minimum absolute atomic E-state index is 0.459. The molecule has 0 fully saturated rings. The maximum absolute atomic E-state index is 10.4. The van der Waals surface area contributed by atoms with Crippen LogP contribution in [-0.2, 0) is 6.42 Å². The third-order valence-corrected chi connectivity index (χ3v) is 6.06. The average molecular weight is 320 g/mol. The fourth-order valence-electron chi connectivity index (χ4n) is 2.60. The Morgan fingerprint density at radius 2 is 2.05 bits per heavy atom. The molecule has 0 aliphatic carbocycles. The van der Waals surface area contributed by atoms with E-state index in [0.29, 0.717) is 12.5 Å². The molecule has 0 amide bonds. The maximum atomic E-state index is 10.4. The molecule has 0 bridgehead atoms. The van der Waals surface area contributed by atoms with Crippen LogP contribution in [0.15, 0.2) is 29.8 Å². The minimum Gasteiger partial charge on any atom is -0.387 e. The van der Waals surface area contributed by atoms with Crippen LogP contribution < -0.4 is 0 Å². The number of fused-ring (bicyclic) bond motifs is 1. The Labute approximate surface area is 132 Å². The zero-order valence-corrected chi connectivity index (χ0v) is 14.0. The quantitative estimate of drug-likeness (QED) is 0.708. The third kappa shape index (κ3) is 3.05. The van der Waals surface area contributed by atoms with Gasteiger partial charge in [-0.25, -0.2) is 0 Å². The van der Waals surface area contributed by atoms with Crippen LogP contribution in [0.2, 0.25) is 0 Å². The Bertz CT molecular complexity index is 680. The third-order valence-electron chi connectivity index (χ3n) is 3.87. The molecule has 0 saturated carbocycles. The first kappa shape index (κ1) is 14.8. The van der Waals surface area contributed by atoms with Crippen molar-refractivity contribution in [2.45, 2.75) is 45.3 Å². The van der Waals surface area contributed by atoms with E-state index in [-0.39, 0.29) is 0 Å². The zero-order valence-electron chi connectivity index (χ0n) is 12.3. The summed E-state index contributed by atoms with van der Waals surface area (Å²) in [6, 6.07) is 6.70. The van der Waals surface area contributed by atoms with E-state index in [1.54, 1.807) is 22.7 Å². The standard InChI is InChI=1S/C16H20N2OS2/c1-3-12(4-2)18-7-5-11(17-18)9-13(19)15-10-16-14(21-15)6-8-20-16/h5-8,10,12-13,19H,3-4,9H2,1-2H3. The van der Waals surface area contributed by atoms with Gasteiger partial charge in [-0.2, -0.15) is 5.10 Å². The minimum atomic E-state index is -0.459. The van der Waals surface area contributed by atoms with Crippen LogP contribution in [0.25, 0.3) is 9.40 Å². The van der Waals surface area contributed by atoms with Crippen LogP contribution in [0.1, 0.15) is 49.4 Å². The van der Waals surface area contributed by atoms with Crippen molar-refractivity contribution in [3.05, 3.63) is 40.3 Å². The van der Waals surface area contributed by atoms with E-state index in [1.807, 2.05) is 16.9 Å². The van der Waals surface area contributed by atoms with E-state index < -0.39 is 6.10 Å². The summed E-state index contributed by atoms with van der Waals surface area (Å²) in [5.74, 6) is 0. The van der Waals surface area contributed by atoms with Gasteiger partial charge in [0.1, 0.15) is 0 Å². The lowest BCUT2D eigenvalue weighted by Crippen LogP contribution is -2.08. The summed E-state index contributed by atoms with van der Waals surface area (Å²) in [6.07, 6.45) is 4.33. The van der Waals surface area contributed by atoms with Gasteiger partial charge in [-0.1, -0.05) is 13.8 Å². The predicted molar refractivity (Wildman–Crippen MR) is 90.2 cm³/mol. The highest BCUT2D eigenvalue weighted by molar-refractivity contribution is 7.26. The van der Waals surface area contributed by atoms with Gasteiger partial charge < -0.3 is 5.11 Å². The van der Waals surface area contributed by atoms with Gasteiger partial charge in [0.05, 0.1) is 17.8 Å². The molecule has 0 saturated heterocycles. The second-order valence-corrected chi connectivity index (χ2v) is 7.34.